The van der Waals surface area contributed by atoms with E-state index < -0.39 is 6.10 Å². The molecule has 0 aromatic rings. The van der Waals surface area contributed by atoms with Crippen molar-refractivity contribution in [3.8, 4) is 0 Å². The molecule has 0 fully saturated rings. The van der Waals surface area contributed by atoms with Crippen LogP contribution in [-0.2, 0) is 19.1 Å². The number of esters is 2. The Morgan fingerprint density at radius 3 is 1.45 bits per heavy atom. The molecule has 0 aliphatic heterocycles. The minimum absolute atomic E-state index is 0.142. The molecule has 0 bridgehead atoms. The predicted octanol–water partition coefficient (Wildman–Crippen LogP) is 11.4. The van der Waals surface area contributed by atoms with E-state index in [-0.39, 0.29) is 31.3 Å². The van der Waals surface area contributed by atoms with Crippen LogP contribution in [0.3, 0.4) is 0 Å². The highest BCUT2D eigenvalue weighted by Crippen LogP contribution is 2.15. The Bertz CT molecular complexity index is 858. The lowest BCUT2D eigenvalue weighted by Crippen LogP contribution is -2.25. The van der Waals surface area contributed by atoms with Crippen LogP contribution in [0.2, 0.25) is 0 Å². The summed E-state index contributed by atoms with van der Waals surface area (Å²) in [5, 5.41) is 19.8. The van der Waals surface area contributed by atoms with Gasteiger partial charge in [0.25, 0.3) is 0 Å². The Morgan fingerprint density at radius 2 is 0.959 bits per heavy atom. The van der Waals surface area contributed by atoms with Crippen LogP contribution >= 0.6 is 0 Å². The zero-order chi connectivity index (χ0) is 36.0. The standard InChI is InChI=1S/C43H76O6/c1-4-5-33-40(44)34-29-25-21-17-13-10-11-15-19-23-27-31-36-43(47)49-38-41(45)37-48-42(46)35-30-26-22-18-14-9-7-6-8-12-16-20-24-28-32-39(2)3/h10-11,17,19,21,23,29,34,39-41,44-45H,4-9,12-16,18,20,22,24-28,30-33,35-38H2,1-3H3/b11-10-,21-17-,23-19-,34-29-/t40-,41-/m0/s1. The van der Waals surface area contributed by atoms with Crippen LogP contribution in [-0.4, -0.2) is 47.6 Å². The Morgan fingerprint density at radius 1 is 0.531 bits per heavy atom. The number of carbonyl (C=O) groups is 2. The largest absolute Gasteiger partial charge is 0.463 e. The summed E-state index contributed by atoms with van der Waals surface area (Å²) in [5.41, 5.74) is 0. The Kier molecular flexibility index (Phi) is 35.4. The van der Waals surface area contributed by atoms with Crippen molar-refractivity contribution in [2.75, 3.05) is 13.2 Å². The molecule has 0 amide bonds. The van der Waals surface area contributed by atoms with Gasteiger partial charge in [0, 0.05) is 12.8 Å². The summed E-state index contributed by atoms with van der Waals surface area (Å²) in [6.07, 6.45) is 42.2. The normalized spacial score (nSPS) is 13.4. The highest BCUT2D eigenvalue weighted by atomic mass is 16.6. The van der Waals surface area contributed by atoms with Crippen molar-refractivity contribution in [1.29, 1.82) is 0 Å². The highest BCUT2D eigenvalue weighted by Gasteiger charge is 2.12. The second-order valence-electron chi connectivity index (χ2n) is 14.1. The summed E-state index contributed by atoms with van der Waals surface area (Å²) in [6.45, 7) is 6.45. The second kappa shape index (κ2) is 37.1. The van der Waals surface area contributed by atoms with E-state index in [1.165, 1.54) is 77.0 Å². The number of hydrogen-bond donors (Lipinski definition) is 2. The van der Waals surface area contributed by atoms with Crippen molar-refractivity contribution in [1.82, 2.24) is 0 Å². The van der Waals surface area contributed by atoms with Crippen LogP contribution < -0.4 is 0 Å². The molecule has 0 unspecified atom stereocenters. The second-order valence-corrected chi connectivity index (χ2v) is 14.1. The van der Waals surface area contributed by atoms with Gasteiger partial charge in [-0.3, -0.25) is 9.59 Å². The van der Waals surface area contributed by atoms with Gasteiger partial charge in [0.15, 0.2) is 0 Å². The van der Waals surface area contributed by atoms with Crippen LogP contribution in [0.1, 0.15) is 181 Å². The molecule has 0 aromatic heterocycles. The monoisotopic (exact) mass is 689 g/mol. The van der Waals surface area contributed by atoms with Crippen LogP contribution in [0.25, 0.3) is 0 Å². The lowest BCUT2D eigenvalue weighted by Gasteiger charge is -2.12. The molecule has 6 nitrogen and oxygen atoms in total. The van der Waals surface area contributed by atoms with Gasteiger partial charge in [-0.2, -0.15) is 0 Å². The maximum atomic E-state index is 12.0. The van der Waals surface area contributed by atoms with Crippen molar-refractivity contribution in [3.63, 3.8) is 0 Å². The van der Waals surface area contributed by atoms with Crippen LogP contribution in [0.15, 0.2) is 48.6 Å². The van der Waals surface area contributed by atoms with Crippen molar-refractivity contribution in [2.45, 2.75) is 193 Å². The number of carbonyl (C=O) groups excluding carboxylic acids is 2. The van der Waals surface area contributed by atoms with Gasteiger partial charge in [-0.25, -0.2) is 0 Å². The average Bonchev–Trinajstić information content (AvgIpc) is 3.08. The van der Waals surface area contributed by atoms with E-state index in [1.54, 1.807) is 0 Å². The quantitative estimate of drug-likeness (QED) is 0.0391. The van der Waals surface area contributed by atoms with Crippen molar-refractivity contribution >= 4 is 11.9 Å². The number of allylic oxidation sites excluding steroid dienone is 7. The van der Waals surface area contributed by atoms with E-state index >= 15 is 0 Å². The number of aliphatic hydroxyl groups is 2. The van der Waals surface area contributed by atoms with Gasteiger partial charge in [-0.15, -0.1) is 0 Å². The summed E-state index contributed by atoms with van der Waals surface area (Å²) in [5.74, 6) is 0.197. The number of hydrogen-bond acceptors (Lipinski definition) is 6. The smallest absolute Gasteiger partial charge is 0.305 e. The Labute approximate surface area is 301 Å². The SMILES string of the molecule is CCCC[C@H](O)/C=C\C/C=C\C/C=C\C/C=C\CCCC(=O)OC[C@@H](O)COC(=O)CCCCCCCCCCCCCCCCC(C)C. The Hall–Kier alpha value is -2.18. The third-order valence-electron chi connectivity index (χ3n) is 8.57. The fraction of sp³-hybridized carbons (Fsp3) is 0.767. The van der Waals surface area contributed by atoms with Gasteiger partial charge in [0.05, 0.1) is 6.10 Å². The molecule has 0 aromatic carbocycles. The van der Waals surface area contributed by atoms with E-state index in [0.29, 0.717) is 19.3 Å². The molecule has 2 atom stereocenters. The van der Waals surface area contributed by atoms with Crippen LogP contribution in [0, 0.1) is 5.92 Å². The summed E-state index contributed by atoms with van der Waals surface area (Å²) in [4.78, 5) is 23.9. The van der Waals surface area contributed by atoms with Crippen LogP contribution in [0.5, 0.6) is 0 Å². The topological polar surface area (TPSA) is 93.1 Å². The fourth-order valence-electron chi connectivity index (χ4n) is 5.46. The summed E-state index contributed by atoms with van der Waals surface area (Å²) in [7, 11) is 0. The lowest BCUT2D eigenvalue weighted by atomic mass is 10.0. The van der Waals surface area contributed by atoms with E-state index in [9.17, 15) is 19.8 Å². The average molecular weight is 689 g/mol. The number of unbranched alkanes of at least 4 members (excludes halogenated alkanes) is 15. The third-order valence-corrected chi connectivity index (χ3v) is 8.57. The Balaban J connectivity index is 3.55. The lowest BCUT2D eigenvalue weighted by molar-refractivity contribution is -0.152. The molecular formula is C43H76O6. The molecular weight excluding hydrogens is 612 g/mol. The first-order chi connectivity index (χ1) is 23.8. The van der Waals surface area contributed by atoms with E-state index in [1.807, 2.05) is 12.2 Å². The summed E-state index contributed by atoms with van der Waals surface area (Å²) < 4.78 is 10.3. The predicted molar refractivity (Wildman–Crippen MR) is 206 cm³/mol. The molecule has 0 saturated heterocycles. The summed E-state index contributed by atoms with van der Waals surface area (Å²) in [6, 6.07) is 0. The van der Waals surface area contributed by atoms with Crippen molar-refractivity contribution < 1.29 is 29.3 Å². The maximum absolute atomic E-state index is 12.0. The summed E-state index contributed by atoms with van der Waals surface area (Å²) >= 11 is 0. The minimum atomic E-state index is -0.996. The molecule has 0 aliphatic carbocycles. The molecule has 2 N–H and O–H groups in total. The molecule has 49 heavy (non-hydrogen) atoms. The molecule has 284 valence electrons. The first-order valence-electron chi connectivity index (χ1n) is 20.1. The molecule has 0 spiro atoms. The van der Waals surface area contributed by atoms with Gasteiger partial charge in [-0.1, -0.05) is 172 Å². The number of ether oxygens (including phenoxy) is 2. The minimum Gasteiger partial charge on any atom is -0.463 e. The maximum Gasteiger partial charge on any atom is 0.305 e. The highest BCUT2D eigenvalue weighted by molar-refractivity contribution is 5.69. The van der Waals surface area contributed by atoms with Gasteiger partial charge >= 0.3 is 11.9 Å². The zero-order valence-electron chi connectivity index (χ0n) is 32.0. The van der Waals surface area contributed by atoms with Crippen LogP contribution in [0.4, 0.5) is 0 Å². The van der Waals surface area contributed by atoms with E-state index in [0.717, 1.165) is 70.1 Å². The van der Waals surface area contributed by atoms with E-state index in [2.05, 4.69) is 57.2 Å². The van der Waals surface area contributed by atoms with Gasteiger partial charge < -0.3 is 19.7 Å². The molecule has 0 rings (SSSR count). The van der Waals surface area contributed by atoms with Crippen molar-refractivity contribution in [3.05, 3.63) is 48.6 Å². The third kappa shape index (κ3) is 38.5. The first-order valence-corrected chi connectivity index (χ1v) is 20.1. The molecule has 0 aliphatic rings. The molecule has 0 heterocycles. The number of aliphatic hydroxyl groups excluding tert-OH is 2. The molecule has 0 radical (unpaired) electrons. The first kappa shape index (κ1) is 46.8. The molecule has 0 saturated carbocycles. The van der Waals surface area contributed by atoms with Gasteiger partial charge in [-0.05, 0) is 50.9 Å². The van der Waals surface area contributed by atoms with Gasteiger partial charge in [0.2, 0.25) is 0 Å². The fourth-order valence-corrected chi connectivity index (χ4v) is 5.46. The van der Waals surface area contributed by atoms with E-state index in [4.69, 9.17) is 9.47 Å². The zero-order valence-corrected chi connectivity index (χ0v) is 32.0. The molecule has 6 heteroatoms. The number of rotatable bonds is 35. The van der Waals surface area contributed by atoms with Crippen molar-refractivity contribution in [2.24, 2.45) is 5.92 Å². The van der Waals surface area contributed by atoms with Gasteiger partial charge in [0.1, 0.15) is 19.3 Å².